The molecule has 0 bridgehead atoms. The fraction of sp³-hybridized carbons (Fsp3) is 0.840. The molecular formula is C25H38O3. The van der Waals surface area contributed by atoms with E-state index in [1.54, 1.807) is 0 Å². The molecule has 0 radical (unpaired) electrons. The van der Waals surface area contributed by atoms with Gasteiger partial charge in [-0.15, -0.1) is 0 Å². The van der Waals surface area contributed by atoms with Crippen LogP contribution in [-0.4, -0.2) is 24.4 Å². The predicted octanol–water partition coefficient (Wildman–Crippen LogP) is 5.78. The summed E-state index contributed by atoms with van der Waals surface area (Å²) >= 11 is 0. The molecule has 4 aliphatic rings. The fourth-order valence-electron chi connectivity index (χ4n) is 8.61. The van der Waals surface area contributed by atoms with Crippen LogP contribution in [0.1, 0.15) is 83.1 Å². The average Bonchev–Trinajstić information content (AvgIpc) is 3.33. The Morgan fingerprint density at radius 3 is 2.64 bits per heavy atom. The first-order valence-corrected chi connectivity index (χ1v) is 11.8. The molecule has 0 saturated heterocycles. The third-order valence-corrected chi connectivity index (χ3v) is 10.0. The first kappa shape index (κ1) is 19.2. The molecule has 1 N–H and O–H groups in total. The highest BCUT2D eigenvalue weighted by Gasteiger charge is 2.60. The van der Waals surface area contributed by atoms with Crippen molar-refractivity contribution in [1.29, 1.82) is 0 Å². The van der Waals surface area contributed by atoms with Crippen molar-refractivity contribution < 1.29 is 14.3 Å². The molecule has 4 aliphatic carbocycles. The van der Waals surface area contributed by atoms with Gasteiger partial charge in [0.2, 0.25) is 0 Å². The Morgan fingerprint density at radius 2 is 1.86 bits per heavy atom. The van der Waals surface area contributed by atoms with E-state index in [0.717, 1.165) is 23.7 Å². The minimum atomic E-state index is 0.154. The first-order valence-electron chi connectivity index (χ1n) is 11.8. The van der Waals surface area contributed by atoms with Gasteiger partial charge in [-0.2, -0.15) is 0 Å². The maximum absolute atomic E-state index is 9.10. The zero-order chi connectivity index (χ0) is 19.4. The SMILES string of the molecule is C[C@]12CC[C@H](OCCO)C[C@H]1CC[C@H]1[C@H]3CC[C@H](c4ccoc4)[C@@]3(C)CC[C@@H]12. The Balaban J connectivity index is 1.34. The monoisotopic (exact) mass is 386 g/mol. The molecule has 4 saturated carbocycles. The summed E-state index contributed by atoms with van der Waals surface area (Å²) in [6.07, 6.45) is 16.4. The van der Waals surface area contributed by atoms with E-state index >= 15 is 0 Å². The number of rotatable bonds is 4. The zero-order valence-corrected chi connectivity index (χ0v) is 17.7. The first-order chi connectivity index (χ1) is 13.6. The summed E-state index contributed by atoms with van der Waals surface area (Å²) in [5.74, 6) is 4.25. The lowest BCUT2D eigenvalue weighted by molar-refractivity contribution is -0.132. The Hall–Kier alpha value is -0.800. The van der Waals surface area contributed by atoms with Gasteiger partial charge >= 0.3 is 0 Å². The summed E-state index contributed by atoms with van der Waals surface area (Å²) in [5.41, 5.74) is 2.43. The van der Waals surface area contributed by atoms with Gasteiger partial charge in [0.1, 0.15) is 0 Å². The van der Waals surface area contributed by atoms with E-state index in [2.05, 4.69) is 19.9 Å². The highest BCUT2D eigenvalue weighted by Crippen LogP contribution is 2.69. The molecule has 0 spiro atoms. The Kier molecular flexibility index (Phi) is 4.91. The second kappa shape index (κ2) is 7.16. The van der Waals surface area contributed by atoms with E-state index in [4.69, 9.17) is 14.3 Å². The molecule has 1 aromatic rings. The molecular weight excluding hydrogens is 348 g/mol. The molecule has 0 amide bonds. The maximum Gasteiger partial charge on any atom is 0.0937 e. The third-order valence-electron chi connectivity index (χ3n) is 10.0. The number of hydrogen-bond acceptors (Lipinski definition) is 3. The zero-order valence-electron chi connectivity index (χ0n) is 17.7. The molecule has 1 aromatic heterocycles. The number of aliphatic hydroxyl groups is 1. The average molecular weight is 387 g/mol. The molecule has 4 fully saturated rings. The van der Waals surface area contributed by atoms with Gasteiger partial charge in [0, 0.05) is 0 Å². The summed E-state index contributed by atoms with van der Waals surface area (Å²) in [7, 11) is 0. The van der Waals surface area contributed by atoms with E-state index in [0.29, 0.717) is 29.5 Å². The van der Waals surface area contributed by atoms with Crippen molar-refractivity contribution in [2.45, 2.75) is 83.7 Å². The van der Waals surface area contributed by atoms with Crippen LogP contribution in [-0.2, 0) is 4.74 Å². The molecule has 1 heterocycles. The number of hydrogen-bond donors (Lipinski definition) is 1. The second-order valence-corrected chi connectivity index (χ2v) is 10.9. The molecule has 5 rings (SSSR count). The topological polar surface area (TPSA) is 42.6 Å². The molecule has 28 heavy (non-hydrogen) atoms. The van der Waals surface area contributed by atoms with Crippen LogP contribution in [0.3, 0.4) is 0 Å². The van der Waals surface area contributed by atoms with Crippen LogP contribution in [0, 0.1) is 34.5 Å². The maximum atomic E-state index is 9.10. The molecule has 8 atom stereocenters. The van der Waals surface area contributed by atoms with Gasteiger partial charge in [0.15, 0.2) is 0 Å². The van der Waals surface area contributed by atoms with Gasteiger partial charge in [-0.1, -0.05) is 13.8 Å². The Morgan fingerprint density at radius 1 is 1.04 bits per heavy atom. The highest BCUT2D eigenvalue weighted by atomic mass is 16.5. The molecule has 0 unspecified atom stereocenters. The highest BCUT2D eigenvalue weighted by molar-refractivity contribution is 5.22. The van der Waals surface area contributed by atoms with Crippen molar-refractivity contribution in [3.8, 4) is 0 Å². The van der Waals surface area contributed by atoms with E-state index in [1.807, 2.05) is 12.5 Å². The smallest absolute Gasteiger partial charge is 0.0937 e. The van der Waals surface area contributed by atoms with Crippen molar-refractivity contribution in [3.63, 3.8) is 0 Å². The van der Waals surface area contributed by atoms with Crippen molar-refractivity contribution >= 4 is 0 Å². The van der Waals surface area contributed by atoms with Gasteiger partial charge in [-0.25, -0.2) is 0 Å². The van der Waals surface area contributed by atoms with Gasteiger partial charge in [-0.3, -0.25) is 0 Å². The van der Waals surface area contributed by atoms with Crippen LogP contribution >= 0.6 is 0 Å². The number of ether oxygens (including phenoxy) is 1. The van der Waals surface area contributed by atoms with E-state index in [1.165, 1.54) is 63.4 Å². The Labute approximate surface area is 170 Å². The van der Waals surface area contributed by atoms with Crippen LogP contribution in [0.25, 0.3) is 0 Å². The number of fused-ring (bicyclic) bond motifs is 5. The van der Waals surface area contributed by atoms with Crippen LogP contribution in [0.5, 0.6) is 0 Å². The molecule has 3 nitrogen and oxygen atoms in total. The summed E-state index contributed by atoms with van der Waals surface area (Å²) in [6, 6.07) is 2.22. The Bertz CT molecular complexity index is 669. The molecule has 0 aromatic carbocycles. The summed E-state index contributed by atoms with van der Waals surface area (Å²) in [4.78, 5) is 0. The molecule has 156 valence electrons. The molecule has 3 heteroatoms. The fourth-order valence-corrected chi connectivity index (χ4v) is 8.61. The predicted molar refractivity (Wildman–Crippen MR) is 110 cm³/mol. The second-order valence-electron chi connectivity index (χ2n) is 10.9. The van der Waals surface area contributed by atoms with Crippen LogP contribution in [0.15, 0.2) is 23.0 Å². The van der Waals surface area contributed by atoms with Crippen LogP contribution < -0.4 is 0 Å². The van der Waals surface area contributed by atoms with E-state index in [-0.39, 0.29) is 6.61 Å². The van der Waals surface area contributed by atoms with Gasteiger partial charge in [0.25, 0.3) is 0 Å². The van der Waals surface area contributed by atoms with Crippen LogP contribution in [0.4, 0.5) is 0 Å². The largest absolute Gasteiger partial charge is 0.472 e. The van der Waals surface area contributed by atoms with Crippen molar-refractivity contribution in [1.82, 2.24) is 0 Å². The quantitative estimate of drug-likeness (QED) is 0.713. The molecule has 0 aliphatic heterocycles. The summed E-state index contributed by atoms with van der Waals surface area (Å²) in [6.45, 7) is 5.89. The lowest BCUT2D eigenvalue weighted by atomic mass is 9.44. The van der Waals surface area contributed by atoms with Gasteiger partial charge < -0.3 is 14.3 Å². The van der Waals surface area contributed by atoms with E-state index < -0.39 is 0 Å². The van der Waals surface area contributed by atoms with Crippen molar-refractivity contribution in [2.24, 2.45) is 34.5 Å². The number of aliphatic hydroxyl groups excluding tert-OH is 1. The minimum Gasteiger partial charge on any atom is -0.472 e. The minimum absolute atomic E-state index is 0.154. The van der Waals surface area contributed by atoms with E-state index in [9.17, 15) is 0 Å². The van der Waals surface area contributed by atoms with Gasteiger partial charge in [0.05, 0.1) is 31.8 Å². The number of furan rings is 1. The standard InChI is InChI=1S/C25H38O3/c1-24-10-7-19(28-14-12-26)15-18(24)3-4-20-22-6-5-21(17-9-13-27-16-17)25(22,2)11-8-23(20)24/h9,13,16,18-23,26H,3-8,10-12,14-15H2,1-2H3/t18-,19+,20+,21-,22-,23+,24+,25-/m1/s1. The van der Waals surface area contributed by atoms with Crippen LogP contribution in [0.2, 0.25) is 0 Å². The lowest BCUT2D eigenvalue weighted by Gasteiger charge is -2.61. The summed E-state index contributed by atoms with van der Waals surface area (Å²) < 4.78 is 11.4. The normalized spacial score (nSPS) is 48.0. The third kappa shape index (κ3) is 2.83. The van der Waals surface area contributed by atoms with Gasteiger partial charge in [-0.05, 0) is 110 Å². The van der Waals surface area contributed by atoms with Crippen molar-refractivity contribution in [3.05, 3.63) is 24.2 Å². The lowest BCUT2D eigenvalue weighted by Crippen LogP contribution is -2.53. The summed E-state index contributed by atoms with van der Waals surface area (Å²) in [5, 5.41) is 9.10. The van der Waals surface area contributed by atoms with Crippen molar-refractivity contribution in [2.75, 3.05) is 13.2 Å².